The number of aromatic nitrogens is 1. The van der Waals surface area contributed by atoms with Crippen LogP contribution in [0.4, 0.5) is 23.2 Å². The highest BCUT2D eigenvalue weighted by Crippen LogP contribution is 2.40. The van der Waals surface area contributed by atoms with Crippen LogP contribution in [-0.4, -0.2) is 40.1 Å². The van der Waals surface area contributed by atoms with Gasteiger partial charge in [-0.15, -0.1) is 0 Å². The van der Waals surface area contributed by atoms with Crippen LogP contribution in [0.5, 0.6) is 5.75 Å². The summed E-state index contributed by atoms with van der Waals surface area (Å²) in [4.78, 5) is 28.2. The number of rotatable bonds is 9. The molecule has 0 aliphatic carbocycles. The molecule has 0 radical (unpaired) electrons. The summed E-state index contributed by atoms with van der Waals surface area (Å²) in [7, 11) is 0. The van der Waals surface area contributed by atoms with Crippen LogP contribution in [0, 0.1) is 10.1 Å². The number of hydrogen-bond acceptors (Lipinski definition) is 6. The first-order chi connectivity index (χ1) is 20.0. The van der Waals surface area contributed by atoms with Crippen molar-refractivity contribution in [3.63, 3.8) is 0 Å². The molecular formula is C30H23F4N3O5. The van der Waals surface area contributed by atoms with Crippen LogP contribution in [0.3, 0.4) is 0 Å². The van der Waals surface area contributed by atoms with Crippen molar-refractivity contribution < 1.29 is 36.9 Å². The van der Waals surface area contributed by atoms with Gasteiger partial charge in [-0.1, -0.05) is 41.6 Å². The molecule has 0 saturated carbocycles. The van der Waals surface area contributed by atoms with E-state index in [1.807, 2.05) is 17.6 Å². The van der Waals surface area contributed by atoms with Gasteiger partial charge < -0.3 is 14.1 Å². The van der Waals surface area contributed by atoms with E-state index in [2.05, 4.69) is 5.16 Å². The lowest BCUT2D eigenvalue weighted by Crippen LogP contribution is -2.34. The lowest BCUT2D eigenvalue weighted by atomic mass is 9.98. The van der Waals surface area contributed by atoms with Gasteiger partial charge >= 0.3 is 18.3 Å². The van der Waals surface area contributed by atoms with Gasteiger partial charge in [0.1, 0.15) is 11.5 Å². The number of nitro groups is 1. The van der Waals surface area contributed by atoms with Crippen molar-refractivity contribution in [3.05, 3.63) is 94.0 Å². The summed E-state index contributed by atoms with van der Waals surface area (Å²) < 4.78 is 60.0. The SMILES string of the molecule is CCn1c2ccc(/C(=N/OC(C)=O)c3ccccc3OCC(F)(F)C(F)F)cc2c2cc([N+](=O)[O-])c3ccccc3c21. The lowest BCUT2D eigenvalue weighted by Gasteiger charge is -2.18. The van der Waals surface area contributed by atoms with E-state index in [1.165, 1.54) is 24.3 Å². The molecule has 1 heterocycles. The predicted octanol–water partition coefficient (Wildman–Crippen LogP) is 7.47. The number of carbonyl (C=O) groups excluding carboxylic acids is 1. The first-order valence-electron chi connectivity index (χ1n) is 12.8. The third-order valence-corrected chi connectivity index (χ3v) is 6.78. The summed E-state index contributed by atoms with van der Waals surface area (Å²) in [5.41, 5.74) is 1.91. The van der Waals surface area contributed by atoms with Crippen molar-refractivity contribution in [3.8, 4) is 5.75 Å². The van der Waals surface area contributed by atoms with Gasteiger partial charge in [0.05, 0.1) is 15.8 Å². The first kappa shape index (κ1) is 28.5. The van der Waals surface area contributed by atoms with E-state index in [0.717, 1.165) is 18.0 Å². The lowest BCUT2D eigenvalue weighted by molar-refractivity contribution is -0.382. The minimum atomic E-state index is -4.40. The Hall–Kier alpha value is -5.00. The molecule has 0 unspecified atom stereocenters. The molecule has 0 N–H and O–H groups in total. The number of para-hydroxylation sites is 1. The molecule has 1 aromatic heterocycles. The highest BCUT2D eigenvalue weighted by molar-refractivity contribution is 6.22. The number of carbonyl (C=O) groups is 1. The summed E-state index contributed by atoms with van der Waals surface area (Å²) in [6.45, 7) is 2.02. The number of ether oxygens (including phenoxy) is 1. The Morgan fingerprint density at radius 1 is 1.00 bits per heavy atom. The van der Waals surface area contributed by atoms with Gasteiger partial charge in [0.2, 0.25) is 0 Å². The minimum Gasteiger partial charge on any atom is -0.486 e. The van der Waals surface area contributed by atoms with Crippen LogP contribution in [-0.2, 0) is 16.2 Å². The van der Waals surface area contributed by atoms with Crippen LogP contribution >= 0.6 is 0 Å². The Morgan fingerprint density at radius 2 is 1.69 bits per heavy atom. The zero-order chi connectivity index (χ0) is 30.2. The molecule has 5 rings (SSSR count). The molecule has 0 saturated heterocycles. The van der Waals surface area contributed by atoms with Crippen LogP contribution in [0.25, 0.3) is 32.6 Å². The maximum absolute atomic E-state index is 13.7. The average molecular weight is 582 g/mol. The summed E-state index contributed by atoms with van der Waals surface area (Å²) in [6.07, 6.45) is -3.93. The van der Waals surface area contributed by atoms with E-state index < -0.39 is 29.8 Å². The average Bonchev–Trinajstić information content (AvgIpc) is 3.29. The Balaban J connectivity index is 1.74. The van der Waals surface area contributed by atoms with E-state index in [1.54, 1.807) is 42.5 Å². The Bertz CT molecular complexity index is 1880. The second-order valence-corrected chi connectivity index (χ2v) is 9.44. The van der Waals surface area contributed by atoms with Crippen LogP contribution in [0.15, 0.2) is 78.0 Å². The number of alkyl halides is 4. The van der Waals surface area contributed by atoms with Crippen molar-refractivity contribution in [2.45, 2.75) is 32.7 Å². The molecule has 8 nitrogen and oxygen atoms in total. The van der Waals surface area contributed by atoms with E-state index in [-0.39, 0.29) is 22.7 Å². The molecule has 12 heteroatoms. The Kier molecular flexibility index (Phi) is 7.55. The molecule has 0 bridgehead atoms. The smallest absolute Gasteiger partial charge is 0.340 e. The van der Waals surface area contributed by atoms with Crippen molar-refractivity contribution in [2.75, 3.05) is 6.61 Å². The van der Waals surface area contributed by atoms with E-state index >= 15 is 0 Å². The normalized spacial score (nSPS) is 12.4. The number of fused-ring (bicyclic) bond motifs is 5. The second kappa shape index (κ2) is 11.1. The number of aryl methyl sites for hydroxylation is 1. The Labute approximate surface area is 235 Å². The van der Waals surface area contributed by atoms with Crippen molar-refractivity contribution >= 4 is 49.9 Å². The summed E-state index contributed by atoms with van der Waals surface area (Å²) in [5.74, 6) is -5.36. The van der Waals surface area contributed by atoms with E-state index in [0.29, 0.717) is 33.7 Å². The second-order valence-electron chi connectivity index (χ2n) is 9.44. The number of nitro benzene ring substituents is 1. The minimum absolute atomic E-state index is 0.00393. The number of nitrogens with zero attached hydrogens (tertiary/aromatic N) is 3. The summed E-state index contributed by atoms with van der Waals surface area (Å²) in [6, 6.07) is 19.4. The number of halogens is 4. The van der Waals surface area contributed by atoms with Gasteiger partial charge in [-0.3, -0.25) is 10.1 Å². The van der Waals surface area contributed by atoms with Gasteiger partial charge in [0.15, 0.2) is 6.61 Å². The fraction of sp³-hybridized carbons (Fsp3) is 0.200. The molecule has 0 spiro atoms. The van der Waals surface area contributed by atoms with Crippen LogP contribution in [0.1, 0.15) is 25.0 Å². The molecule has 0 aliphatic rings. The fourth-order valence-corrected chi connectivity index (χ4v) is 4.96. The number of oxime groups is 1. The third-order valence-electron chi connectivity index (χ3n) is 6.78. The third kappa shape index (κ3) is 5.11. The molecule has 0 fully saturated rings. The fourth-order valence-electron chi connectivity index (χ4n) is 4.96. The monoisotopic (exact) mass is 581 g/mol. The first-order valence-corrected chi connectivity index (χ1v) is 12.8. The van der Waals surface area contributed by atoms with E-state index in [4.69, 9.17) is 9.57 Å². The Morgan fingerprint density at radius 3 is 2.36 bits per heavy atom. The maximum Gasteiger partial charge on any atom is 0.340 e. The van der Waals surface area contributed by atoms with Crippen molar-refractivity contribution in [1.29, 1.82) is 0 Å². The number of benzene rings is 4. The largest absolute Gasteiger partial charge is 0.486 e. The molecular weight excluding hydrogens is 558 g/mol. The molecule has 0 aliphatic heterocycles. The van der Waals surface area contributed by atoms with Gasteiger partial charge in [0, 0.05) is 52.3 Å². The topological polar surface area (TPSA) is 96.0 Å². The van der Waals surface area contributed by atoms with Crippen LogP contribution in [0.2, 0.25) is 0 Å². The molecule has 4 aromatic carbocycles. The van der Waals surface area contributed by atoms with Gasteiger partial charge in [-0.25, -0.2) is 13.6 Å². The molecule has 0 atom stereocenters. The summed E-state index contributed by atoms with van der Waals surface area (Å²) >= 11 is 0. The van der Waals surface area contributed by atoms with Gasteiger partial charge in [-0.2, -0.15) is 8.78 Å². The molecule has 42 heavy (non-hydrogen) atoms. The maximum atomic E-state index is 13.7. The van der Waals surface area contributed by atoms with Crippen molar-refractivity contribution in [2.24, 2.45) is 5.16 Å². The molecule has 0 amide bonds. The standard InChI is InChI=1S/C30H23F4N3O5/c1-3-36-24-13-12-18(14-22(24)23-15-25(37(39)40)19-8-4-5-9-20(19)28(23)36)27(35-42-17(2)38)21-10-6-7-11-26(21)41-16-30(33,34)29(31)32/h4-15,29H,3,16H2,1-2H3/b35-27-. The number of non-ortho nitro benzene ring substituents is 1. The van der Waals surface area contributed by atoms with Gasteiger partial charge in [-0.05, 0) is 37.3 Å². The van der Waals surface area contributed by atoms with Crippen molar-refractivity contribution in [1.82, 2.24) is 4.57 Å². The zero-order valence-electron chi connectivity index (χ0n) is 22.3. The molecule has 216 valence electrons. The highest BCUT2D eigenvalue weighted by atomic mass is 19.3. The summed E-state index contributed by atoms with van der Waals surface area (Å²) in [5, 5.41) is 18.3. The highest BCUT2D eigenvalue weighted by Gasteiger charge is 2.42. The zero-order valence-corrected chi connectivity index (χ0v) is 22.3. The quantitative estimate of drug-likeness (QED) is 0.0592. The number of hydrogen-bond donors (Lipinski definition) is 0. The predicted molar refractivity (Wildman–Crippen MR) is 150 cm³/mol. The van der Waals surface area contributed by atoms with Gasteiger partial charge in [0.25, 0.3) is 5.69 Å². The molecule has 5 aromatic rings. The van der Waals surface area contributed by atoms with Crippen LogP contribution < -0.4 is 4.74 Å². The van der Waals surface area contributed by atoms with E-state index in [9.17, 15) is 32.5 Å².